The number of fused-ring (bicyclic) bond motifs is 1. The van der Waals surface area contributed by atoms with Gasteiger partial charge < -0.3 is 5.73 Å². The third kappa shape index (κ3) is 2.16. The fourth-order valence-electron chi connectivity index (χ4n) is 1.96. The zero-order valence-electron chi connectivity index (χ0n) is 10.7. The molecule has 3 rings (SSSR count). The van der Waals surface area contributed by atoms with Gasteiger partial charge in [-0.05, 0) is 28.1 Å². The highest BCUT2D eigenvalue weighted by atomic mass is 16.1. The van der Waals surface area contributed by atoms with E-state index in [0.29, 0.717) is 11.3 Å². The fraction of sp³-hybridized carbons (Fsp3) is 0.0769. The summed E-state index contributed by atoms with van der Waals surface area (Å²) in [6.45, 7) is 0. The Morgan fingerprint density at radius 3 is 2.60 bits per heavy atom. The van der Waals surface area contributed by atoms with Crippen molar-refractivity contribution in [1.29, 1.82) is 0 Å². The molecule has 0 atom stereocenters. The van der Waals surface area contributed by atoms with Gasteiger partial charge in [-0.25, -0.2) is 0 Å². The van der Waals surface area contributed by atoms with Crippen LogP contribution in [-0.2, 0) is 7.05 Å². The van der Waals surface area contributed by atoms with Crippen LogP contribution in [0.3, 0.4) is 0 Å². The van der Waals surface area contributed by atoms with Gasteiger partial charge in [-0.1, -0.05) is 29.4 Å². The number of aryl methyl sites for hydroxylation is 1. The molecule has 0 fully saturated rings. The van der Waals surface area contributed by atoms with Crippen LogP contribution in [0.25, 0.3) is 10.8 Å². The van der Waals surface area contributed by atoms with Crippen molar-refractivity contribution in [3.8, 4) is 0 Å². The first-order chi connectivity index (χ1) is 9.63. The Hall–Kier alpha value is -2.96. The number of nitrogens with one attached hydrogen (secondary N) is 1. The quantitative estimate of drug-likeness (QED) is 0.680. The molecule has 0 aliphatic rings. The number of nitrogens with zero attached hydrogens (tertiary/aromatic N) is 4. The largest absolute Gasteiger partial charge is 0.398 e. The van der Waals surface area contributed by atoms with Gasteiger partial charge in [0.1, 0.15) is 0 Å². The van der Waals surface area contributed by atoms with Crippen molar-refractivity contribution in [2.45, 2.75) is 0 Å². The number of rotatable bonds is 2. The van der Waals surface area contributed by atoms with Crippen molar-refractivity contribution in [2.75, 3.05) is 11.1 Å². The van der Waals surface area contributed by atoms with E-state index in [1.807, 2.05) is 24.3 Å². The Bertz CT molecular complexity index is 794. The molecule has 0 bridgehead atoms. The first kappa shape index (κ1) is 12.1. The molecule has 1 amide bonds. The lowest BCUT2D eigenvalue weighted by Gasteiger charge is -2.07. The molecule has 7 heteroatoms. The lowest BCUT2D eigenvalue weighted by atomic mass is 10.0. The molecule has 1 heterocycles. The van der Waals surface area contributed by atoms with Crippen LogP contribution in [-0.4, -0.2) is 26.1 Å². The van der Waals surface area contributed by atoms with Crippen LogP contribution in [0.1, 0.15) is 10.4 Å². The second kappa shape index (κ2) is 4.61. The summed E-state index contributed by atoms with van der Waals surface area (Å²) in [4.78, 5) is 13.4. The Kier molecular flexibility index (Phi) is 2.79. The first-order valence-electron chi connectivity index (χ1n) is 5.97. The highest BCUT2D eigenvalue weighted by molar-refractivity contribution is 6.09. The number of nitrogens with two attached hydrogens (primary N) is 1. The van der Waals surface area contributed by atoms with Gasteiger partial charge in [-0.2, -0.15) is 4.80 Å². The molecule has 0 saturated heterocycles. The lowest BCUT2D eigenvalue weighted by Crippen LogP contribution is -2.15. The summed E-state index contributed by atoms with van der Waals surface area (Å²) in [6.07, 6.45) is 0. The number of hydrogen-bond donors (Lipinski definition) is 2. The average Bonchev–Trinajstić information content (AvgIpc) is 2.83. The third-order valence-corrected chi connectivity index (χ3v) is 2.90. The molecule has 100 valence electrons. The van der Waals surface area contributed by atoms with E-state index in [4.69, 9.17) is 5.73 Å². The molecule has 20 heavy (non-hydrogen) atoms. The Balaban J connectivity index is 1.96. The molecule has 0 radical (unpaired) electrons. The number of carbonyl (C=O) groups is 1. The number of benzene rings is 2. The zero-order valence-corrected chi connectivity index (χ0v) is 10.7. The lowest BCUT2D eigenvalue weighted by molar-refractivity contribution is 0.102. The Morgan fingerprint density at radius 1 is 1.25 bits per heavy atom. The van der Waals surface area contributed by atoms with Gasteiger partial charge in [0.2, 0.25) is 0 Å². The van der Waals surface area contributed by atoms with Gasteiger partial charge in [0, 0.05) is 5.69 Å². The number of aromatic nitrogens is 4. The molecule has 3 N–H and O–H groups in total. The monoisotopic (exact) mass is 268 g/mol. The smallest absolute Gasteiger partial charge is 0.270 e. The van der Waals surface area contributed by atoms with Crippen LogP contribution in [0.4, 0.5) is 11.6 Å². The molecule has 0 unspecified atom stereocenters. The predicted molar refractivity (Wildman–Crippen MR) is 75.1 cm³/mol. The maximum Gasteiger partial charge on any atom is 0.270 e. The van der Waals surface area contributed by atoms with E-state index >= 15 is 0 Å². The van der Waals surface area contributed by atoms with E-state index in [9.17, 15) is 4.79 Å². The summed E-state index contributed by atoms with van der Waals surface area (Å²) in [5, 5.41) is 15.7. The summed E-state index contributed by atoms with van der Waals surface area (Å²) < 4.78 is 0. The highest BCUT2D eigenvalue weighted by Crippen LogP contribution is 2.22. The number of nitrogen functional groups attached to an aromatic ring is 1. The van der Waals surface area contributed by atoms with Crippen molar-refractivity contribution in [2.24, 2.45) is 7.05 Å². The van der Waals surface area contributed by atoms with Crippen molar-refractivity contribution in [3.63, 3.8) is 0 Å². The van der Waals surface area contributed by atoms with Crippen LogP contribution >= 0.6 is 0 Å². The van der Waals surface area contributed by atoms with E-state index in [1.54, 1.807) is 19.2 Å². The molecular weight excluding hydrogens is 256 g/mol. The fourth-order valence-corrected chi connectivity index (χ4v) is 1.96. The molecular formula is C13H12N6O. The minimum absolute atomic E-state index is 0.144. The van der Waals surface area contributed by atoms with Crippen molar-refractivity contribution < 1.29 is 4.79 Å². The Labute approximate surface area is 114 Å². The van der Waals surface area contributed by atoms with Crippen LogP contribution in [0, 0.1) is 0 Å². The maximum absolute atomic E-state index is 12.2. The Morgan fingerprint density at radius 2 is 1.95 bits per heavy atom. The molecule has 3 aromatic rings. The molecule has 0 aliphatic carbocycles. The van der Waals surface area contributed by atoms with Gasteiger partial charge in [0.15, 0.2) is 0 Å². The highest BCUT2D eigenvalue weighted by Gasteiger charge is 2.13. The van der Waals surface area contributed by atoms with Crippen LogP contribution < -0.4 is 11.1 Å². The number of tetrazole rings is 1. The molecule has 0 aliphatic heterocycles. The number of hydrogen-bond acceptors (Lipinski definition) is 5. The van der Waals surface area contributed by atoms with E-state index in [0.717, 1.165) is 10.8 Å². The van der Waals surface area contributed by atoms with E-state index in [2.05, 4.69) is 20.7 Å². The summed E-state index contributed by atoms with van der Waals surface area (Å²) in [5.74, 6) is -0.216. The number of anilines is 2. The topological polar surface area (TPSA) is 98.7 Å². The summed E-state index contributed by atoms with van der Waals surface area (Å²) in [6, 6.07) is 11.2. The first-order valence-corrected chi connectivity index (χ1v) is 5.97. The van der Waals surface area contributed by atoms with E-state index in [1.165, 1.54) is 4.80 Å². The van der Waals surface area contributed by atoms with Crippen LogP contribution in [0.2, 0.25) is 0 Å². The second-order valence-electron chi connectivity index (χ2n) is 4.34. The normalized spacial score (nSPS) is 10.7. The van der Waals surface area contributed by atoms with Crippen molar-refractivity contribution in [3.05, 3.63) is 42.0 Å². The van der Waals surface area contributed by atoms with Gasteiger partial charge >= 0.3 is 0 Å². The molecule has 2 aromatic carbocycles. The zero-order chi connectivity index (χ0) is 14.1. The van der Waals surface area contributed by atoms with Crippen molar-refractivity contribution in [1.82, 2.24) is 20.2 Å². The van der Waals surface area contributed by atoms with Crippen molar-refractivity contribution >= 4 is 28.3 Å². The third-order valence-electron chi connectivity index (χ3n) is 2.90. The minimum atomic E-state index is -0.360. The standard InChI is InChI=1S/C13H12N6O/c1-19-17-13(16-18-19)15-12(20)10-6-8-4-2-3-5-9(8)7-11(10)14/h2-7H,14H2,1H3,(H,15,17,20). The summed E-state index contributed by atoms with van der Waals surface area (Å²) >= 11 is 0. The number of amides is 1. The molecule has 0 saturated carbocycles. The maximum atomic E-state index is 12.2. The van der Waals surface area contributed by atoms with E-state index < -0.39 is 0 Å². The SMILES string of the molecule is Cn1nnc(NC(=O)c2cc3ccccc3cc2N)n1. The van der Waals surface area contributed by atoms with Crippen LogP contribution in [0.5, 0.6) is 0 Å². The predicted octanol–water partition coefficient (Wildman–Crippen LogP) is 1.20. The van der Waals surface area contributed by atoms with Crippen LogP contribution in [0.15, 0.2) is 36.4 Å². The molecule has 1 aromatic heterocycles. The minimum Gasteiger partial charge on any atom is -0.398 e. The second-order valence-corrected chi connectivity index (χ2v) is 4.34. The van der Waals surface area contributed by atoms with E-state index in [-0.39, 0.29) is 11.9 Å². The van der Waals surface area contributed by atoms with Gasteiger partial charge in [-0.15, -0.1) is 5.10 Å². The summed E-state index contributed by atoms with van der Waals surface area (Å²) in [5.41, 5.74) is 6.72. The van der Waals surface area contributed by atoms with Gasteiger partial charge in [-0.3, -0.25) is 10.1 Å². The van der Waals surface area contributed by atoms with Gasteiger partial charge in [0.25, 0.3) is 11.9 Å². The average molecular weight is 268 g/mol. The number of carbonyl (C=O) groups excluding carboxylic acids is 1. The summed E-state index contributed by atoms with van der Waals surface area (Å²) in [7, 11) is 1.62. The molecule has 0 spiro atoms. The molecule has 7 nitrogen and oxygen atoms in total. The van der Waals surface area contributed by atoms with Gasteiger partial charge in [0.05, 0.1) is 12.6 Å².